The van der Waals surface area contributed by atoms with Gasteiger partial charge in [0, 0.05) is 12.5 Å². The molecular formula is C20H31N3O3. The fourth-order valence-electron chi connectivity index (χ4n) is 2.77. The highest BCUT2D eigenvalue weighted by Crippen LogP contribution is 2.15. The second kappa shape index (κ2) is 14.0. The molecule has 144 valence electrons. The molecule has 0 aliphatic rings. The number of carbonyl (C=O) groups is 1. The molecule has 0 bridgehead atoms. The first-order valence-electron chi connectivity index (χ1n) is 9.70. The Morgan fingerprint density at radius 1 is 1.04 bits per heavy atom. The number of para-hydroxylation sites is 1. The maximum Gasteiger partial charge on any atom is 0.278 e. The number of hydrogen-bond donors (Lipinski definition) is 1. The zero-order valence-corrected chi connectivity index (χ0v) is 15.8. The van der Waals surface area contributed by atoms with Gasteiger partial charge in [0.2, 0.25) is 5.91 Å². The number of nitro benzene ring substituents is 1. The number of nitro groups is 1. The highest BCUT2D eigenvalue weighted by atomic mass is 16.6. The van der Waals surface area contributed by atoms with Gasteiger partial charge in [0.1, 0.15) is 0 Å². The summed E-state index contributed by atoms with van der Waals surface area (Å²) in [5.41, 5.74) is 2.78. The van der Waals surface area contributed by atoms with E-state index in [1.807, 2.05) is 0 Å². The van der Waals surface area contributed by atoms with Crippen molar-refractivity contribution in [1.29, 1.82) is 0 Å². The molecule has 1 N–H and O–H groups in total. The molecule has 6 heteroatoms. The first kappa shape index (κ1) is 21.8. The average molecular weight is 361 g/mol. The van der Waals surface area contributed by atoms with Crippen LogP contribution in [-0.2, 0) is 4.79 Å². The molecule has 0 radical (unpaired) electrons. The van der Waals surface area contributed by atoms with Gasteiger partial charge in [-0.15, -0.1) is 0 Å². The number of benzene rings is 1. The molecule has 1 aromatic rings. The van der Waals surface area contributed by atoms with Gasteiger partial charge >= 0.3 is 0 Å². The largest absolute Gasteiger partial charge is 0.278 e. The molecule has 0 saturated carbocycles. The Kier molecular flexibility index (Phi) is 11.7. The standard InChI is InChI=1S/C20H31N3O3/c1-2-3-4-5-6-7-8-9-10-11-16-20(24)22-21-17-18-14-12-13-15-19(18)23(25)26/h12-15,17H,2-11,16H2,1H3,(H,22,24). The number of amides is 1. The molecule has 0 aliphatic heterocycles. The number of unbranched alkanes of at least 4 members (excludes halogenated alkanes) is 9. The lowest BCUT2D eigenvalue weighted by Crippen LogP contribution is -2.17. The fourth-order valence-corrected chi connectivity index (χ4v) is 2.77. The van der Waals surface area contributed by atoms with Crippen LogP contribution in [0.4, 0.5) is 5.69 Å². The van der Waals surface area contributed by atoms with Gasteiger partial charge in [0.15, 0.2) is 0 Å². The van der Waals surface area contributed by atoms with Crippen LogP contribution in [0.3, 0.4) is 0 Å². The van der Waals surface area contributed by atoms with Crippen LogP contribution < -0.4 is 5.43 Å². The second-order valence-corrected chi connectivity index (χ2v) is 6.54. The van der Waals surface area contributed by atoms with Crippen molar-refractivity contribution < 1.29 is 9.72 Å². The SMILES string of the molecule is CCCCCCCCCCCCC(=O)NN=Cc1ccccc1[N+](=O)[O-]. The Morgan fingerprint density at radius 2 is 1.62 bits per heavy atom. The molecule has 0 spiro atoms. The first-order chi connectivity index (χ1) is 12.6. The van der Waals surface area contributed by atoms with E-state index in [0.717, 1.165) is 12.8 Å². The van der Waals surface area contributed by atoms with Crippen molar-refractivity contribution in [2.75, 3.05) is 0 Å². The normalized spacial score (nSPS) is 11.0. The first-order valence-corrected chi connectivity index (χ1v) is 9.70. The summed E-state index contributed by atoms with van der Waals surface area (Å²) in [6.45, 7) is 2.23. The average Bonchev–Trinajstić information content (AvgIpc) is 2.63. The third-order valence-corrected chi connectivity index (χ3v) is 4.28. The van der Waals surface area contributed by atoms with Crippen molar-refractivity contribution in [3.8, 4) is 0 Å². The zero-order chi connectivity index (χ0) is 19.0. The number of nitrogens with one attached hydrogen (secondary N) is 1. The number of nitrogens with zero attached hydrogens (tertiary/aromatic N) is 2. The number of rotatable bonds is 14. The second-order valence-electron chi connectivity index (χ2n) is 6.54. The summed E-state index contributed by atoms with van der Waals surface area (Å²) >= 11 is 0. The molecule has 26 heavy (non-hydrogen) atoms. The molecular weight excluding hydrogens is 330 g/mol. The summed E-state index contributed by atoms with van der Waals surface area (Å²) in [6, 6.07) is 6.29. The van der Waals surface area contributed by atoms with E-state index in [9.17, 15) is 14.9 Å². The van der Waals surface area contributed by atoms with Crippen LogP contribution in [0.25, 0.3) is 0 Å². The van der Waals surface area contributed by atoms with E-state index in [1.165, 1.54) is 63.6 Å². The van der Waals surface area contributed by atoms with Gasteiger partial charge < -0.3 is 0 Å². The molecule has 0 atom stereocenters. The summed E-state index contributed by atoms with van der Waals surface area (Å²) in [4.78, 5) is 22.2. The van der Waals surface area contributed by atoms with Gasteiger partial charge in [-0.2, -0.15) is 5.10 Å². The fraction of sp³-hybridized carbons (Fsp3) is 0.600. The molecule has 0 fully saturated rings. The van der Waals surface area contributed by atoms with Crippen molar-refractivity contribution in [2.24, 2.45) is 5.10 Å². The van der Waals surface area contributed by atoms with Crippen molar-refractivity contribution in [3.63, 3.8) is 0 Å². The van der Waals surface area contributed by atoms with Crippen LogP contribution >= 0.6 is 0 Å². The molecule has 1 rings (SSSR count). The summed E-state index contributed by atoms with van der Waals surface area (Å²) in [6.07, 6.45) is 14.0. The zero-order valence-electron chi connectivity index (χ0n) is 15.8. The van der Waals surface area contributed by atoms with E-state index in [0.29, 0.717) is 12.0 Å². The maximum absolute atomic E-state index is 11.7. The third kappa shape index (κ3) is 9.91. The summed E-state index contributed by atoms with van der Waals surface area (Å²) < 4.78 is 0. The summed E-state index contributed by atoms with van der Waals surface area (Å²) in [7, 11) is 0. The van der Waals surface area contributed by atoms with Crippen LogP contribution in [-0.4, -0.2) is 17.0 Å². The highest BCUT2D eigenvalue weighted by molar-refractivity contribution is 5.86. The van der Waals surface area contributed by atoms with Crippen LogP contribution in [0.15, 0.2) is 29.4 Å². The predicted octanol–water partition coefficient (Wildman–Crippen LogP) is 5.36. The van der Waals surface area contributed by atoms with Gasteiger partial charge in [0.25, 0.3) is 5.69 Å². The van der Waals surface area contributed by atoms with Crippen molar-refractivity contribution in [1.82, 2.24) is 5.43 Å². The third-order valence-electron chi connectivity index (χ3n) is 4.28. The molecule has 1 aromatic carbocycles. The maximum atomic E-state index is 11.7. The molecule has 0 aliphatic carbocycles. The number of hydrogen-bond acceptors (Lipinski definition) is 4. The lowest BCUT2D eigenvalue weighted by molar-refractivity contribution is -0.385. The van der Waals surface area contributed by atoms with Crippen LogP contribution in [0.2, 0.25) is 0 Å². The minimum atomic E-state index is -0.465. The van der Waals surface area contributed by atoms with Crippen LogP contribution in [0.1, 0.15) is 83.1 Å². The van der Waals surface area contributed by atoms with Gasteiger partial charge in [-0.25, -0.2) is 5.43 Å². The lowest BCUT2D eigenvalue weighted by Gasteiger charge is -2.02. The van der Waals surface area contributed by atoms with Crippen molar-refractivity contribution >= 4 is 17.8 Å². The van der Waals surface area contributed by atoms with Crippen molar-refractivity contribution in [3.05, 3.63) is 39.9 Å². The van der Waals surface area contributed by atoms with Crippen LogP contribution in [0.5, 0.6) is 0 Å². The molecule has 0 aromatic heterocycles. The molecule has 0 heterocycles. The molecule has 6 nitrogen and oxygen atoms in total. The topological polar surface area (TPSA) is 84.6 Å². The summed E-state index contributed by atoms with van der Waals surface area (Å²) in [5.74, 6) is -0.153. The Morgan fingerprint density at radius 3 is 2.23 bits per heavy atom. The minimum absolute atomic E-state index is 0.0276. The smallest absolute Gasteiger partial charge is 0.273 e. The Balaban J connectivity index is 2.10. The summed E-state index contributed by atoms with van der Waals surface area (Å²) in [5, 5.41) is 14.7. The van der Waals surface area contributed by atoms with Gasteiger partial charge in [-0.05, 0) is 12.5 Å². The van der Waals surface area contributed by atoms with Gasteiger partial charge in [-0.3, -0.25) is 14.9 Å². The Labute approximate surface area is 156 Å². The quantitative estimate of drug-likeness (QED) is 0.210. The van der Waals surface area contributed by atoms with E-state index in [4.69, 9.17) is 0 Å². The number of hydrazone groups is 1. The molecule has 0 unspecified atom stereocenters. The molecule has 1 amide bonds. The Bertz CT molecular complexity index is 573. The molecule has 0 saturated heterocycles. The van der Waals surface area contributed by atoms with E-state index in [-0.39, 0.29) is 11.6 Å². The van der Waals surface area contributed by atoms with Gasteiger partial charge in [0.05, 0.1) is 16.7 Å². The predicted molar refractivity (Wildman–Crippen MR) is 105 cm³/mol. The van der Waals surface area contributed by atoms with Crippen molar-refractivity contribution in [2.45, 2.75) is 77.6 Å². The van der Waals surface area contributed by atoms with Gasteiger partial charge in [-0.1, -0.05) is 76.8 Å². The number of carbonyl (C=O) groups excluding carboxylic acids is 1. The van der Waals surface area contributed by atoms with Crippen LogP contribution in [0, 0.1) is 10.1 Å². The van der Waals surface area contributed by atoms with E-state index in [1.54, 1.807) is 18.2 Å². The highest BCUT2D eigenvalue weighted by Gasteiger charge is 2.10. The Hall–Kier alpha value is -2.24. The monoisotopic (exact) mass is 361 g/mol. The van der Waals surface area contributed by atoms with E-state index in [2.05, 4.69) is 17.5 Å². The lowest BCUT2D eigenvalue weighted by atomic mass is 10.1. The van der Waals surface area contributed by atoms with E-state index < -0.39 is 4.92 Å². The minimum Gasteiger partial charge on any atom is -0.273 e. The van der Waals surface area contributed by atoms with E-state index >= 15 is 0 Å².